The second-order valence-electron chi connectivity index (χ2n) is 6.99. The minimum absolute atomic E-state index is 0.0630. The highest BCUT2D eigenvalue weighted by Gasteiger charge is 2.17. The molecular formula is C22H16ClN5O5S. The number of carbonyl (C=O) groups excluding carboxylic acids is 2. The molecule has 4 aromatic rings. The second kappa shape index (κ2) is 9.33. The lowest BCUT2D eigenvalue weighted by atomic mass is 10.1. The van der Waals surface area contributed by atoms with E-state index in [0.29, 0.717) is 16.1 Å². The van der Waals surface area contributed by atoms with Crippen molar-refractivity contribution in [1.82, 2.24) is 21.0 Å². The predicted octanol–water partition coefficient (Wildman–Crippen LogP) is 2.45. The molecule has 0 unspecified atom stereocenters. The maximum atomic E-state index is 12.5. The number of hydrazine groups is 1. The zero-order valence-electron chi connectivity index (χ0n) is 17.2. The van der Waals surface area contributed by atoms with Crippen LogP contribution in [0.15, 0.2) is 82.5 Å². The van der Waals surface area contributed by atoms with Crippen LogP contribution in [0.25, 0.3) is 10.8 Å². The summed E-state index contributed by atoms with van der Waals surface area (Å²) < 4.78 is 27.5. The Morgan fingerprint density at radius 1 is 0.824 bits per heavy atom. The molecule has 0 saturated carbocycles. The number of anilines is 1. The third kappa shape index (κ3) is 4.90. The number of H-pyrrole nitrogens is 1. The molecule has 4 rings (SSSR count). The number of hydrogen-bond acceptors (Lipinski definition) is 6. The molecule has 0 aliphatic heterocycles. The molecule has 1 aromatic heterocycles. The summed E-state index contributed by atoms with van der Waals surface area (Å²) in [6, 6.07) is 17.6. The maximum Gasteiger partial charge on any atom is 0.290 e. The van der Waals surface area contributed by atoms with Gasteiger partial charge in [0, 0.05) is 21.7 Å². The Morgan fingerprint density at radius 3 is 2.12 bits per heavy atom. The van der Waals surface area contributed by atoms with Gasteiger partial charge in [0.05, 0.1) is 10.3 Å². The maximum absolute atomic E-state index is 12.5. The number of hydrogen-bond donors (Lipinski definition) is 4. The first-order chi connectivity index (χ1) is 16.2. The molecule has 3 aromatic carbocycles. The van der Waals surface area contributed by atoms with Crippen LogP contribution in [-0.2, 0) is 10.0 Å². The SMILES string of the molecule is O=C(NNC(=O)c1n[nH]c(=O)c2ccccc12)c1ccc(S(=O)(=O)Nc2ccc(Cl)cc2)cc1. The summed E-state index contributed by atoms with van der Waals surface area (Å²) in [7, 11) is -3.89. The zero-order chi connectivity index (χ0) is 24.3. The lowest BCUT2D eigenvalue weighted by Crippen LogP contribution is -2.42. The van der Waals surface area contributed by atoms with Crippen LogP contribution in [0.2, 0.25) is 5.02 Å². The number of carbonyl (C=O) groups is 2. The van der Waals surface area contributed by atoms with Crippen molar-refractivity contribution in [2.45, 2.75) is 4.90 Å². The number of nitrogens with zero attached hydrogens (tertiary/aromatic N) is 1. The van der Waals surface area contributed by atoms with Crippen LogP contribution >= 0.6 is 11.6 Å². The Bertz CT molecular complexity index is 1550. The molecule has 0 bridgehead atoms. The Morgan fingerprint density at radius 2 is 1.44 bits per heavy atom. The van der Waals surface area contributed by atoms with Gasteiger partial charge in [0.25, 0.3) is 27.4 Å². The summed E-state index contributed by atoms with van der Waals surface area (Å²) in [6.07, 6.45) is 0. The summed E-state index contributed by atoms with van der Waals surface area (Å²) >= 11 is 5.80. The van der Waals surface area contributed by atoms with Crippen LogP contribution in [-0.4, -0.2) is 30.4 Å². The lowest BCUT2D eigenvalue weighted by Gasteiger charge is -2.10. The van der Waals surface area contributed by atoms with E-state index in [0.717, 1.165) is 0 Å². The second-order valence-corrected chi connectivity index (χ2v) is 9.11. The highest BCUT2D eigenvalue weighted by Crippen LogP contribution is 2.19. The van der Waals surface area contributed by atoms with Gasteiger partial charge in [-0.05, 0) is 54.6 Å². The first kappa shape index (κ1) is 23.0. The smallest absolute Gasteiger partial charge is 0.280 e. The summed E-state index contributed by atoms with van der Waals surface area (Å²) in [4.78, 5) is 36.7. The van der Waals surface area contributed by atoms with E-state index < -0.39 is 27.4 Å². The quantitative estimate of drug-likeness (QED) is 0.311. The Kier molecular flexibility index (Phi) is 6.30. The highest BCUT2D eigenvalue weighted by molar-refractivity contribution is 7.92. The van der Waals surface area contributed by atoms with Crippen molar-refractivity contribution in [1.29, 1.82) is 0 Å². The van der Waals surface area contributed by atoms with Crippen LogP contribution in [0.3, 0.4) is 0 Å². The Balaban J connectivity index is 1.43. The minimum atomic E-state index is -3.89. The molecule has 2 amide bonds. The van der Waals surface area contributed by atoms with Gasteiger partial charge in [-0.15, -0.1) is 0 Å². The molecule has 0 fully saturated rings. The number of amides is 2. The predicted molar refractivity (Wildman–Crippen MR) is 126 cm³/mol. The summed E-state index contributed by atoms with van der Waals surface area (Å²) in [5, 5.41) is 7.05. The first-order valence-corrected chi connectivity index (χ1v) is 11.6. The largest absolute Gasteiger partial charge is 0.290 e. The van der Waals surface area contributed by atoms with Crippen LogP contribution < -0.4 is 21.1 Å². The first-order valence-electron chi connectivity index (χ1n) is 9.71. The number of sulfonamides is 1. The number of halogens is 1. The number of aromatic amines is 1. The number of benzene rings is 3. The molecule has 0 aliphatic carbocycles. The van der Waals surface area contributed by atoms with Gasteiger partial charge in [-0.25, -0.2) is 13.5 Å². The average molecular weight is 498 g/mol. The van der Waals surface area contributed by atoms with E-state index in [1.165, 1.54) is 36.4 Å². The Hall–Kier alpha value is -4.22. The normalized spacial score (nSPS) is 11.1. The van der Waals surface area contributed by atoms with Gasteiger partial charge in [-0.3, -0.25) is 30.0 Å². The topological polar surface area (TPSA) is 150 Å². The molecule has 0 spiro atoms. The third-order valence-electron chi connectivity index (χ3n) is 4.72. The summed E-state index contributed by atoms with van der Waals surface area (Å²) in [6.45, 7) is 0. The van der Waals surface area contributed by atoms with Gasteiger partial charge < -0.3 is 0 Å². The van der Waals surface area contributed by atoms with E-state index in [1.807, 2.05) is 0 Å². The van der Waals surface area contributed by atoms with E-state index in [2.05, 4.69) is 25.8 Å². The molecule has 0 radical (unpaired) electrons. The number of rotatable bonds is 5. The monoisotopic (exact) mass is 497 g/mol. The van der Waals surface area contributed by atoms with Crippen LogP contribution in [0.1, 0.15) is 20.8 Å². The van der Waals surface area contributed by atoms with Gasteiger partial charge >= 0.3 is 0 Å². The van der Waals surface area contributed by atoms with Gasteiger partial charge in [0.1, 0.15) is 0 Å². The molecule has 172 valence electrons. The van der Waals surface area contributed by atoms with Crippen molar-refractivity contribution in [3.05, 3.63) is 99.4 Å². The van der Waals surface area contributed by atoms with E-state index in [9.17, 15) is 22.8 Å². The molecule has 1 heterocycles. The number of nitrogens with one attached hydrogen (secondary N) is 4. The Labute approximate surface area is 198 Å². The van der Waals surface area contributed by atoms with Crippen LogP contribution in [0.5, 0.6) is 0 Å². The van der Waals surface area contributed by atoms with Crippen molar-refractivity contribution in [3.63, 3.8) is 0 Å². The number of fused-ring (bicyclic) bond motifs is 1. The van der Waals surface area contributed by atoms with Crippen molar-refractivity contribution < 1.29 is 18.0 Å². The van der Waals surface area contributed by atoms with E-state index in [1.54, 1.807) is 36.4 Å². The van der Waals surface area contributed by atoms with Gasteiger partial charge in [0.15, 0.2) is 5.69 Å². The third-order valence-corrected chi connectivity index (χ3v) is 6.37. The molecule has 12 heteroatoms. The minimum Gasteiger partial charge on any atom is -0.280 e. The molecule has 4 N–H and O–H groups in total. The number of aromatic nitrogens is 2. The molecule has 34 heavy (non-hydrogen) atoms. The molecule has 0 atom stereocenters. The average Bonchev–Trinajstić information content (AvgIpc) is 2.84. The fourth-order valence-corrected chi connectivity index (χ4v) is 4.23. The van der Waals surface area contributed by atoms with Crippen LogP contribution in [0.4, 0.5) is 5.69 Å². The summed E-state index contributed by atoms with van der Waals surface area (Å²) in [5.41, 5.74) is 4.37. The van der Waals surface area contributed by atoms with E-state index in [-0.39, 0.29) is 21.5 Å². The van der Waals surface area contributed by atoms with Crippen molar-refractivity contribution in [2.75, 3.05) is 4.72 Å². The van der Waals surface area contributed by atoms with Crippen molar-refractivity contribution >= 4 is 49.9 Å². The lowest BCUT2D eigenvalue weighted by molar-refractivity contribution is 0.0844. The molecule has 0 aliphatic rings. The van der Waals surface area contributed by atoms with Crippen molar-refractivity contribution in [2.24, 2.45) is 0 Å². The zero-order valence-corrected chi connectivity index (χ0v) is 18.8. The summed E-state index contributed by atoms with van der Waals surface area (Å²) in [5.74, 6) is -1.43. The van der Waals surface area contributed by atoms with Gasteiger partial charge in [0.2, 0.25) is 0 Å². The van der Waals surface area contributed by atoms with E-state index >= 15 is 0 Å². The van der Waals surface area contributed by atoms with Crippen LogP contribution in [0, 0.1) is 0 Å². The van der Waals surface area contributed by atoms with E-state index in [4.69, 9.17) is 11.6 Å². The van der Waals surface area contributed by atoms with Crippen molar-refractivity contribution in [3.8, 4) is 0 Å². The van der Waals surface area contributed by atoms with Gasteiger partial charge in [-0.2, -0.15) is 5.10 Å². The molecule has 0 saturated heterocycles. The van der Waals surface area contributed by atoms with Gasteiger partial charge in [-0.1, -0.05) is 29.8 Å². The molecule has 10 nitrogen and oxygen atoms in total. The molecular weight excluding hydrogens is 482 g/mol. The fourth-order valence-electron chi connectivity index (χ4n) is 3.05. The standard InChI is InChI=1S/C22H16ClN5O5S/c23-14-7-9-15(10-8-14)28-34(32,33)16-11-5-13(6-12-16)20(29)25-27-22(31)19-17-3-1-2-4-18(17)21(30)26-24-19/h1-12,28H,(H,25,29)(H,26,30)(H,27,31). The fraction of sp³-hybridized carbons (Fsp3) is 0. The highest BCUT2D eigenvalue weighted by atomic mass is 35.5.